The van der Waals surface area contributed by atoms with Gasteiger partial charge in [-0.15, -0.1) is 22.7 Å². The predicted molar refractivity (Wildman–Crippen MR) is 213 cm³/mol. The van der Waals surface area contributed by atoms with E-state index < -0.39 is 0 Å². The molecule has 1 aromatic carbocycles. The highest BCUT2D eigenvalue weighted by Crippen LogP contribution is 2.50. The predicted octanol–water partition coefficient (Wildman–Crippen LogP) is 12.6. The molecule has 2 amide bonds. The van der Waals surface area contributed by atoms with Crippen LogP contribution >= 0.6 is 38.6 Å². The Hall–Kier alpha value is -2.48. The van der Waals surface area contributed by atoms with Gasteiger partial charge in [-0.25, -0.2) is 0 Å². The van der Waals surface area contributed by atoms with E-state index in [1.54, 1.807) is 22.7 Å². The highest BCUT2D eigenvalue weighted by Gasteiger charge is 2.50. The van der Waals surface area contributed by atoms with Crippen LogP contribution in [0.4, 0.5) is 0 Å². The van der Waals surface area contributed by atoms with Gasteiger partial charge >= 0.3 is 0 Å². The molecule has 2 aliphatic heterocycles. The van der Waals surface area contributed by atoms with E-state index in [1.165, 1.54) is 41.7 Å². The fourth-order valence-corrected chi connectivity index (χ4v) is 9.78. The molecule has 0 bridgehead atoms. The zero-order valence-corrected chi connectivity index (χ0v) is 33.5. The molecule has 2 aromatic heterocycles. The molecule has 0 spiro atoms. The average molecular weight is 764 g/mol. The molecular weight excluding hydrogens is 709 g/mol. The average Bonchev–Trinajstić information content (AvgIpc) is 3.89. The number of rotatable bonds is 20. The number of halogens is 1. The topological polar surface area (TPSA) is 40.6 Å². The highest BCUT2D eigenvalue weighted by molar-refractivity contribution is 9.11. The molecule has 0 radical (unpaired) electrons. The first-order valence-electron chi connectivity index (χ1n) is 18.9. The fourth-order valence-electron chi connectivity index (χ4n) is 7.26. The van der Waals surface area contributed by atoms with Crippen molar-refractivity contribution in [1.29, 1.82) is 0 Å². The lowest BCUT2D eigenvalue weighted by Gasteiger charge is -2.29. The summed E-state index contributed by atoms with van der Waals surface area (Å²) in [6.07, 6.45) is 14.9. The second-order valence-electron chi connectivity index (χ2n) is 13.9. The van der Waals surface area contributed by atoms with E-state index in [-0.39, 0.29) is 11.8 Å². The van der Waals surface area contributed by atoms with Gasteiger partial charge < -0.3 is 9.80 Å². The van der Waals surface area contributed by atoms with Gasteiger partial charge in [0.2, 0.25) is 0 Å². The Morgan fingerprint density at radius 2 is 1.10 bits per heavy atom. The number of aryl methyl sites for hydroxylation is 1. The van der Waals surface area contributed by atoms with Crippen molar-refractivity contribution in [3.05, 3.63) is 78.8 Å². The smallest absolute Gasteiger partial charge is 0.261 e. The Morgan fingerprint density at radius 1 is 0.592 bits per heavy atom. The summed E-state index contributed by atoms with van der Waals surface area (Å²) in [6, 6.07) is 17.4. The van der Waals surface area contributed by atoms with Gasteiger partial charge in [0.05, 0.1) is 36.1 Å². The minimum atomic E-state index is -0.0145. The molecule has 0 aliphatic carbocycles. The normalized spacial score (nSPS) is 16.0. The summed E-state index contributed by atoms with van der Waals surface area (Å²) in [7, 11) is 0. The number of carbonyl (C=O) groups is 2. The van der Waals surface area contributed by atoms with Crippen LogP contribution in [0.5, 0.6) is 0 Å². The first-order valence-corrected chi connectivity index (χ1v) is 21.3. The first kappa shape index (κ1) is 37.8. The second kappa shape index (κ2) is 18.1. The maximum absolute atomic E-state index is 14.8. The van der Waals surface area contributed by atoms with Crippen LogP contribution in [-0.4, -0.2) is 34.7 Å². The third-order valence-corrected chi connectivity index (χ3v) is 13.1. The lowest BCUT2D eigenvalue weighted by molar-refractivity contribution is -0.124. The van der Waals surface area contributed by atoms with Crippen LogP contribution in [0.25, 0.3) is 21.8 Å². The van der Waals surface area contributed by atoms with Crippen molar-refractivity contribution in [3.8, 4) is 10.4 Å². The van der Waals surface area contributed by atoms with E-state index in [1.807, 2.05) is 15.9 Å². The summed E-state index contributed by atoms with van der Waals surface area (Å²) in [5.74, 6) is 0.740. The number of carbonyl (C=O) groups excluding carboxylic acids is 2. The van der Waals surface area contributed by atoms with Crippen LogP contribution in [0.3, 0.4) is 0 Å². The number of hydrogen-bond acceptors (Lipinski definition) is 4. The molecule has 4 nitrogen and oxygen atoms in total. The Balaban J connectivity index is 1.57. The monoisotopic (exact) mass is 762 g/mol. The van der Waals surface area contributed by atoms with Crippen LogP contribution in [0.15, 0.2) is 63.5 Å². The van der Waals surface area contributed by atoms with Crippen LogP contribution in [0, 0.1) is 11.8 Å². The number of nitrogens with zero attached hydrogens (tertiary/aromatic N) is 2. The van der Waals surface area contributed by atoms with Crippen molar-refractivity contribution in [2.75, 3.05) is 13.1 Å². The van der Waals surface area contributed by atoms with E-state index in [4.69, 9.17) is 0 Å². The van der Waals surface area contributed by atoms with Gasteiger partial charge in [0.15, 0.2) is 0 Å². The number of hydrogen-bond donors (Lipinski definition) is 0. The van der Waals surface area contributed by atoms with Crippen molar-refractivity contribution in [2.45, 2.75) is 118 Å². The quantitative estimate of drug-likeness (QED) is 0.108. The summed E-state index contributed by atoms with van der Waals surface area (Å²) < 4.78 is 1.00. The molecular formula is C42H55BrN2O2S2. The summed E-state index contributed by atoms with van der Waals surface area (Å²) in [5, 5.41) is 0. The Morgan fingerprint density at radius 3 is 1.59 bits per heavy atom. The second-order valence-corrected chi connectivity index (χ2v) is 17.4. The molecule has 2 atom stereocenters. The molecule has 5 rings (SSSR count). The number of unbranched alkanes of at least 4 members (excludes halogenated alkanes) is 5. The number of thiophene rings is 2. The van der Waals surface area contributed by atoms with Crippen molar-refractivity contribution >= 4 is 61.8 Å². The van der Waals surface area contributed by atoms with Gasteiger partial charge in [-0.3, -0.25) is 9.59 Å². The molecule has 0 saturated carbocycles. The molecule has 0 N–H and O–H groups in total. The van der Waals surface area contributed by atoms with Gasteiger partial charge in [0.25, 0.3) is 11.8 Å². The maximum atomic E-state index is 14.8. The summed E-state index contributed by atoms with van der Waals surface area (Å²) in [5.41, 5.74) is 5.41. The molecule has 4 heterocycles. The standard InChI is InChI=1S/C42H55BrN2O2S2/c1-6-11-14-15-18-31-19-21-32(22-20-31)33-23-24-34(48-33)39-37-38(42(47)44(39)27-29(9-4)16-12-7-2)40(35-25-26-36(43)49-35)45(41(37)46)28-30(10-5)17-13-8-3/h19-26,29-30H,6-18,27-28H2,1-5H3. The third-order valence-electron chi connectivity index (χ3n) is 10.4. The zero-order chi connectivity index (χ0) is 34.9. The Bertz CT molecular complexity index is 1630. The van der Waals surface area contributed by atoms with Crippen LogP contribution < -0.4 is 0 Å². The number of benzene rings is 1. The van der Waals surface area contributed by atoms with E-state index in [9.17, 15) is 9.59 Å². The van der Waals surface area contributed by atoms with Crippen LogP contribution in [0.1, 0.15) is 127 Å². The van der Waals surface area contributed by atoms with Gasteiger partial charge in [0, 0.05) is 18.0 Å². The number of amides is 2. The fraction of sp³-hybridized carbons (Fsp3) is 0.524. The van der Waals surface area contributed by atoms with E-state index in [2.05, 4.69) is 93.0 Å². The summed E-state index contributed by atoms with van der Waals surface area (Å²) in [6.45, 7) is 12.4. The third kappa shape index (κ3) is 8.70. The van der Waals surface area contributed by atoms with Gasteiger partial charge in [-0.2, -0.15) is 0 Å². The lowest BCUT2D eigenvalue weighted by Crippen LogP contribution is -2.34. The van der Waals surface area contributed by atoms with Crippen LogP contribution in [-0.2, 0) is 16.0 Å². The van der Waals surface area contributed by atoms with Gasteiger partial charge in [-0.05, 0) is 88.8 Å². The van der Waals surface area contributed by atoms with Crippen molar-refractivity contribution in [2.24, 2.45) is 11.8 Å². The van der Waals surface area contributed by atoms with E-state index in [0.29, 0.717) is 36.1 Å². The van der Waals surface area contributed by atoms with Crippen molar-refractivity contribution in [3.63, 3.8) is 0 Å². The zero-order valence-electron chi connectivity index (χ0n) is 30.3. The Kier molecular flexibility index (Phi) is 14.0. The van der Waals surface area contributed by atoms with Crippen LogP contribution in [0.2, 0.25) is 0 Å². The van der Waals surface area contributed by atoms with Gasteiger partial charge in [0.1, 0.15) is 0 Å². The largest absolute Gasteiger partial charge is 0.306 e. The Labute approximate surface area is 311 Å². The first-order chi connectivity index (χ1) is 23.8. The van der Waals surface area contributed by atoms with Gasteiger partial charge in [-0.1, -0.05) is 117 Å². The summed E-state index contributed by atoms with van der Waals surface area (Å²) in [4.78, 5) is 36.7. The van der Waals surface area contributed by atoms with Crippen molar-refractivity contribution < 1.29 is 9.59 Å². The van der Waals surface area contributed by atoms with E-state index >= 15 is 0 Å². The molecule has 264 valence electrons. The SMILES string of the molecule is CCCCCCc1ccc(-c2ccc(C3=C4C(=O)N(CC(CC)CCCC)C(c5ccc(Br)s5)=C4C(=O)N3CC(CC)CCCC)s2)cc1. The maximum Gasteiger partial charge on any atom is 0.261 e. The van der Waals surface area contributed by atoms with E-state index in [0.717, 1.165) is 82.7 Å². The summed E-state index contributed by atoms with van der Waals surface area (Å²) >= 11 is 6.97. The highest BCUT2D eigenvalue weighted by atomic mass is 79.9. The lowest BCUT2D eigenvalue weighted by atomic mass is 9.98. The molecule has 2 unspecified atom stereocenters. The molecule has 0 fully saturated rings. The molecule has 0 saturated heterocycles. The number of fused-ring (bicyclic) bond motifs is 1. The minimum absolute atomic E-state index is 0.0145. The molecule has 7 heteroatoms. The van der Waals surface area contributed by atoms with Crippen molar-refractivity contribution in [1.82, 2.24) is 9.80 Å². The molecule has 3 aromatic rings. The minimum Gasteiger partial charge on any atom is -0.306 e. The molecule has 2 aliphatic rings. The molecule has 49 heavy (non-hydrogen) atoms.